The monoisotopic (exact) mass is 423 g/mol. The lowest BCUT2D eigenvalue weighted by atomic mass is 10.2. The van der Waals surface area contributed by atoms with Crippen LogP contribution in [0.25, 0.3) is 16.1 Å². The summed E-state index contributed by atoms with van der Waals surface area (Å²) in [6.45, 7) is 5.67. The van der Waals surface area contributed by atoms with Gasteiger partial charge in [-0.2, -0.15) is 0 Å². The molecule has 1 amide bonds. The Kier molecular flexibility index (Phi) is 7.81. The zero-order chi connectivity index (χ0) is 22.9. The summed E-state index contributed by atoms with van der Waals surface area (Å²) in [4.78, 5) is 14.2. The number of nitrogens with zero attached hydrogens (tertiary/aromatic N) is 6. The smallest absolute Gasteiger partial charge is 0.407 e. The number of benzene rings is 2. The molecule has 0 saturated heterocycles. The lowest BCUT2D eigenvalue weighted by Gasteiger charge is -2.19. The number of nitrogens with one attached hydrogen (secondary N) is 1. The van der Waals surface area contributed by atoms with Crippen LogP contribution in [0.2, 0.25) is 0 Å². The summed E-state index contributed by atoms with van der Waals surface area (Å²) in [5, 5.41) is 14.0. The van der Waals surface area contributed by atoms with Crippen molar-refractivity contribution in [1.82, 2.24) is 20.3 Å². The van der Waals surface area contributed by atoms with Crippen molar-refractivity contribution >= 4 is 23.2 Å². The van der Waals surface area contributed by atoms with E-state index in [9.17, 15) is 4.79 Å². The van der Waals surface area contributed by atoms with Gasteiger partial charge in [-0.3, -0.25) is 0 Å². The molecule has 1 heterocycles. The lowest BCUT2D eigenvalue weighted by molar-refractivity contribution is 0.0523. The first-order valence-corrected chi connectivity index (χ1v) is 9.31. The number of azide groups is 1. The van der Waals surface area contributed by atoms with Crippen LogP contribution < -0.4 is 16.8 Å². The summed E-state index contributed by atoms with van der Waals surface area (Å²) in [5.41, 5.74) is 21.9. The number of carbonyl (C=O) groups is 1. The van der Waals surface area contributed by atoms with Gasteiger partial charge in [0.25, 0.3) is 0 Å². The summed E-state index contributed by atoms with van der Waals surface area (Å²) in [6, 6.07) is 14.1. The summed E-state index contributed by atoms with van der Waals surface area (Å²) < 4.78 is 6.74. The van der Waals surface area contributed by atoms with E-state index in [1.807, 2.05) is 32.9 Å². The Balaban J connectivity index is 0.000000285. The molecule has 0 aliphatic carbocycles. The molecule has 0 fully saturated rings. The summed E-state index contributed by atoms with van der Waals surface area (Å²) in [7, 11) is 0. The third-order valence-corrected chi connectivity index (χ3v) is 3.52. The Bertz CT molecular complexity index is 1070. The number of nitrogen functional groups attached to an aromatic ring is 2. The number of amides is 1. The van der Waals surface area contributed by atoms with Gasteiger partial charge in [0.05, 0.1) is 18.4 Å². The molecule has 3 rings (SSSR count). The van der Waals surface area contributed by atoms with Crippen LogP contribution in [0.3, 0.4) is 0 Å². The number of carbonyl (C=O) groups excluding carboxylic acids is 1. The minimum absolute atomic E-state index is 0.247. The Labute approximate surface area is 179 Å². The summed E-state index contributed by atoms with van der Waals surface area (Å²) in [6.07, 6.45) is 1.24. The van der Waals surface area contributed by atoms with Crippen molar-refractivity contribution in [2.24, 2.45) is 5.11 Å². The maximum atomic E-state index is 11.5. The molecular formula is C20H25N9O2. The molecule has 0 saturated carbocycles. The number of alkyl carbamates (subject to hydrolysis) is 1. The van der Waals surface area contributed by atoms with E-state index in [0.29, 0.717) is 22.8 Å². The number of nitrogens with two attached hydrogens (primary N) is 2. The van der Waals surface area contributed by atoms with Crippen molar-refractivity contribution in [1.29, 1.82) is 0 Å². The molecule has 0 bridgehead atoms. The number of aromatic nitrogens is 3. The van der Waals surface area contributed by atoms with E-state index in [0.717, 1.165) is 5.69 Å². The van der Waals surface area contributed by atoms with Crippen LogP contribution in [0.4, 0.5) is 21.9 Å². The molecule has 3 aromatic rings. The number of hydrogen-bond donors (Lipinski definition) is 3. The molecule has 162 valence electrons. The van der Waals surface area contributed by atoms with Gasteiger partial charge in [0.15, 0.2) is 0 Å². The van der Waals surface area contributed by atoms with Gasteiger partial charge in [-0.15, -0.1) is 5.10 Å². The average Bonchev–Trinajstić information content (AvgIpc) is 3.15. The molecule has 0 radical (unpaired) electrons. The first-order chi connectivity index (χ1) is 14.7. The predicted octanol–water partition coefficient (Wildman–Crippen LogP) is 4.08. The summed E-state index contributed by atoms with van der Waals surface area (Å²) >= 11 is 0. The van der Waals surface area contributed by atoms with Gasteiger partial charge in [0, 0.05) is 22.0 Å². The summed E-state index contributed by atoms with van der Waals surface area (Å²) in [5.74, 6) is 0. The quantitative estimate of drug-likeness (QED) is 0.247. The van der Waals surface area contributed by atoms with E-state index in [-0.39, 0.29) is 6.54 Å². The second-order valence-corrected chi connectivity index (χ2v) is 7.39. The van der Waals surface area contributed by atoms with Crippen LogP contribution in [0.5, 0.6) is 0 Å². The number of hydrogen-bond acceptors (Lipinski definition) is 7. The van der Waals surface area contributed by atoms with E-state index in [2.05, 4.69) is 25.7 Å². The van der Waals surface area contributed by atoms with Crippen molar-refractivity contribution in [3.05, 3.63) is 70.9 Å². The van der Waals surface area contributed by atoms with Gasteiger partial charge < -0.3 is 21.5 Å². The zero-order valence-corrected chi connectivity index (χ0v) is 17.6. The van der Waals surface area contributed by atoms with E-state index in [1.54, 1.807) is 47.3 Å². The first kappa shape index (κ1) is 23.0. The normalized spacial score (nSPS) is 10.3. The predicted molar refractivity (Wildman–Crippen MR) is 119 cm³/mol. The fourth-order valence-electron chi connectivity index (χ4n) is 2.29. The second kappa shape index (κ2) is 10.5. The molecule has 5 N–H and O–H groups in total. The van der Waals surface area contributed by atoms with Gasteiger partial charge >= 0.3 is 6.09 Å². The fourth-order valence-corrected chi connectivity index (χ4v) is 2.29. The van der Waals surface area contributed by atoms with Crippen molar-refractivity contribution in [3.8, 4) is 5.69 Å². The Morgan fingerprint density at radius 3 is 2.48 bits per heavy atom. The van der Waals surface area contributed by atoms with E-state index < -0.39 is 11.7 Å². The topological polar surface area (TPSA) is 170 Å². The van der Waals surface area contributed by atoms with Crippen LogP contribution >= 0.6 is 0 Å². The largest absolute Gasteiger partial charge is 0.444 e. The van der Waals surface area contributed by atoms with Gasteiger partial charge in [-0.05, 0) is 56.6 Å². The van der Waals surface area contributed by atoms with Gasteiger partial charge in [0.2, 0.25) is 0 Å². The highest BCUT2D eigenvalue weighted by Crippen LogP contribution is 2.14. The van der Waals surface area contributed by atoms with Gasteiger partial charge in [-0.25, -0.2) is 9.48 Å². The third kappa shape index (κ3) is 8.34. The molecule has 2 aromatic carbocycles. The molecule has 11 heteroatoms. The lowest BCUT2D eigenvalue weighted by Crippen LogP contribution is -2.32. The van der Waals surface area contributed by atoms with Crippen molar-refractivity contribution < 1.29 is 9.53 Å². The minimum Gasteiger partial charge on any atom is -0.444 e. The molecule has 0 unspecified atom stereocenters. The number of anilines is 2. The van der Waals surface area contributed by atoms with Crippen molar-refractivity contribution in [3.63, 3.8) is 0 Å². The molecule has 0 aliphatic heterocycles. The first-order valence-electron chi connectivity index (χ1n) is 9.31. The molecule has 31 heavy (non-hydrogen) atoms. The Hall–Kier alpha value is -4.24. The van der Waals surface area contributed by atoms with E-state index in [4.69, 9.17) is 21.7 Å². The number of ether oxygens (including phenoxy) is 1. The maximum Gasteiger partial charge on any atom is 0.407 e. The maximum absolute atomic E-state index is 11.5. The van der Waals surface area contributed by atoms with Crippen LogP contribution in [-0.4, -0.2) is 26.7 Å². The van der Waals surface area contributed by atoms with Crippen LogP contribution in [0.15, 0.2) is 59.8 Å². The zero-order valence-electron chi connectivity index (χ0n) is 17.6. The second-order valence-electron chi connectivity index (χ2n) is 7.39. The van der Waals surface area contributed by atoms with Gasteiger partial charge in [0.1, 0.15) is 11.3 Å². The number of rotatable bonds is 4. The molecule has 0 atom stereocenters. The SMILES string of the molecule is CC(C)(C)OC(=O)NCc1cn(-c2cccc(N)c2)nn1.[N-]=[N+]=Nc1cccc(N)c1. The Morgan fingerprint density at radius 2 is 1.87 bits per heavy atom. The van der Waals surface area contributed by atoms with Gasteiger partial charge in [-0.1, -0.05) is 28.5 Å². The highest BCUT2D eigenvalue weighted by Gasteiger charge is 2.16. The van der Waals surface area contributed by atoms with Crippen molar-refractivity contribution in [2.45, 2.75) is 32.9 Å². The highest BCUT2D eigenvalue weighted by molar-refractivity contribution is 5.67. The Morgan fingerprint density at radius 1 is 1.19 bits per heavy atom. The molecule has 0 spiro atoms. The van der Waals surface area contributed by atoms with Crippen LogP contribution in [0, 0.1) is 0 Å². The third-order valence-electron chi connectivity index (χ3n) is 3.52. The molecule has 0 aliphatic rings. The van der Waals surface area contributed by atoms with Crippen LogP contribution in [0.1, 0.15) is 26.5 Å². The van der Waals surface area contributed by atoms with Crippen LogP contribution in [-0.2, 0) is 11.3 Å². The van der Waals surface area contributed by atoms with E-state index in [1.165, 1.54) is 0 Å². The fraction of sp³-hybridized carbons (Fsp3) is 0.250. The molecular weight excluding hydrogens is 398 g/mol. The minimum atomic E-state index is -0.525. The van der Waals surface area contributed by atoms with Crippen molar-refractivity contribution in [2.75, 3.05) is 11.5 Å². The highest BCUT2D eigenvalue weighted by atomic mass is 16.6. The standard InChI is InChI=1S/C14H19N5O2.C6H6N4/c1-14(2,3)21-13(20)16-8-11-9-19(18-17-11)12-6-4-5-10(15)7-12;7-5-2-1-3-6(4-5)9-10-8/h4-7,9H,8,15H2,1-3H3,(H,16,20);1-4H,7H2. The average molecular weight is 423 g/mol. The molecule has 1 aromatic heterocycles. The molecule has 11 nitrogen and oxygen atoms in total. The van der Waals surface area contributed by atoms with E-state index >= 15 is 0 Å².